The largest absolute Gasteiger partial charge is 0.514 e. The van der Waals surface area contributed by atoms with Crippen LogP contribution in [0.5, 0.6) is 17.2 Å². The van der Waals surface area contributed by atoms with Crippen molar-refractivity contribution >= 4 is 23.8 Å². The molecule has 132 valence electrons. The number of hydrogen-bond acceptors (Lipinski definition) is 7. The van der Waals surface area contributed by atoms with Crippen LogP contribution in [0.25, 0.3) is 0 Å². The predicted octanol–water partition coefficient (Wildman–Crippen LogP) is 2.43. The molecule has 0 bridgehead atoms. The minimum atomic E-state index is -0.860. The molecule has 7 nitrogen and oxygen atoms in total. The standard InChI is InChI=1S/C16H21NO6S/c1-4-22-16(19)23-14-12(20-2)9-11(10-13(14)21-3)15(18)17-5-7-24-8-6-17/h9-10H,4-8H2,1-3H3. The van der Waals surface area contributed by atoms with E-state index in [1.165, 1.54) is 14.2 Å². The van der Waals surface area contributed by atoms with Gasteiger partial charge in [0.25, 0.3) is 5.91 Å². The summed E-state index contributed by atoms with van der Waals surface area (Å²) in [5.74, 6) is 2.29. The Hall–Kier alpha value is -2.09. The number of thioether (sulfide) groups is 1. The van der Waals surface area contributed by atoms with Crippen LogP contribution in [0.4, 0.5) is 4.79 Å². The van der Waals surface area contributed by atoms with Gasteiger partial charge in [-0.3, -0.25) is 4.79 Å². The molecule has 2 rings (SSSR count). The zero-order valence-electron chi connectivity index (χ0n) is 14.0. The lowest BCUT2D eigenvalue weighted by Gasteiger charge is -2.27. The van der Waals surface area contributed by atoms with Gasteiger partial charge in [-0.25, -0.2) is 4.79 Å². The molecule has 0 unspecified atom stereocenters. The molecule has 1 aromatic rings. The SMILES string of the molecule is CCOC(=O)Oc1c(OC)cc(C(=O)N2CCSCC2)cc1OC. The molecule has 0 saturated carbocycles. The zero-order chi connectivity index (χ0) is 17.5. The van der Waals surface area contributed by atoms with Crippen LogP contribution in [0.2, 0.25) is 0 Å². The van der Waals surface area contributed by atoms with Crippen LogP contribution in [0.15, 0.2) is 12.1 Å². The number of nitrogens with zero attached hydrogens (tertiary/aromatic N) is 1. The van der Waals surface area contributed by atoms with Gasteiger partial charge in [0.2, 0.25) is 5.75 Å². The summed E-state index contributed by atoms with van der Waals surface area (Å²) in [4.78, 5) is 26.0. The van der Waals surface area contributed by atoms with Gasteiger partial charge < -0.3 is 23.8 Å². The summed E-state index contributed by atoms with van der Waals surface area (Å²) in [5, 5.41) is 0. The van der Waals surface area contributed by atoms with Crippen LogP contribution in [0, 0.1) is 0 Å². The molecule has 0 radical (unpaired) electrons. The molecule has 1 saturated heterocycles. The lowest BCUT2D eigenvalue weighted by atomic mass is 10.1. The van der Waals surface area contributed by atoms with E-state index >= 15 is 0 Å². The first-order chi connectivity index (χ1) is 11.6. The summed E-state index contributed by atoms with van der Waals surface area (Å²) in [5.41, 5.74) is 0.423. The highest BCUT2D eigenvalue weighted by Gasteiger charge is 2.24. The van der Waals surface area contributed by atoms with Crippen molar-refractivity contribution in [1.82, 2.24) is 4.90 Å². The Morgan fingerprint density at radius 3 is 2.21 bits per heavy atom. The van der Waals surface area contributed by atoms with E-state index in [9.17, 15) is 9.59 Å². The van der Waals surface area contributed by atoms with Crippen molar-refractivity contribution in [3.8, 4) is 17.2 Å². The summed E-state index contributed by atoms with van der Waals surface area (Å²) < 4.78 is 20.4. The van der Waals surface area contributed by atoms with Crippen LogP contribution < -0.4 is 14.2 Å². The second-order valence-electron chi connectivity index (χ2n) is 4.90. The molecule has 0 aliphatic carbocycles. The van der Waals surface area contributed by atoms with Crippen molar-refractivity contribution in [2.75, 3.05) is 45.4 Å². The second-order valence-corrected chi connectivity index (χ2v) is 6.12. The quantitative estimate of drug-likeness (QED) is 0.593. The van der Waals surface area contributed by atoms with Crippen molar-refractivity contribution in [2.24, 2.45) is 0 Å². The Bertz CT molecular complexity index is 575. The van der Waals surface area contributed by atoms with Gasteiger partial charge in [-0.05, 0) is 19.1 Å². The first-order valence-electron chi connectivity index (χ1n) is 7.58. The van der Waals surface area contributed by atoms with E-state index in [2.05, 4.69) is 0 Å². The second kappa shape index (κ2) is 8.68. The molecule has 1 amide bonds. The van der Waals surface area contributed by atoms with Crippen molar-refractivity contribution < 1.29 is 28.5 Å². The number of hydrogen-bond donors (Lipinski definition) is 0. The number of rotatable bonds is 5. The van der Waals surface area contributed by atoms with Gasteiger partial charge in [-0.1, -0.05) is 0 Å². The summed E-state index contributed by atoms with van der Waals surface area (Å²) >= 11 is 1.83. The third-order valence-electron chi connectivity index (χ3n) is 3.45. The monoisotopic (exact) mass is 355 g/mol. The lowest BCUT2D eigenvalue weighted by molar-refractivity contribution is 0.0771. The number of amides is 1. The predicted molar refractivity (Wildman–Crippen MR) is 90.4 cm³/mol. The van der Waals surface area contributed by atoms with Crippen molar-refractivity contribution in [2.45, 2.75) is 6.92 Å². The fraction of sp³-hybridized carbons (Fsp3) is 0.500. The summed E-state index contributed by atoms with van der Waals surface area (Å²) in [6.07, 6.45) is -0.860. The molecule has 1 heterocycles. The van der Waals surface area contributed by atoms with Crippen LogP contribution in [0.1, 0.15) is 17.3 Å². The topological polar surface area (TPSA) is 74.3 Å². The molecular formula is C16H21NO6S. The Morgan fingerprint density at radius 1 is 1.12 bits per heavy atom. The number of carbonyl (C=O) groups excluding carboxylic acids is 2. The molecule has 24 heavy (non-hydrogen) atoms. The third kappa shape index (κ3) is 4.25. The maximum absolute atomic E-state index is 12.6. The third-order valence-corrected chi connectivity index (χ3v) is 4.40. The van der Waals surface area contributed by atoms with Gasteiger partial charge >= 0.3 is 6.16 Å². The maximum atomic E-state index is 12.6. The molecule has 8 heteroatoms. The Kier molecular flexibility index (Phi) is 6.60. The maximum Gasteiger partial charge on any atom is 0.514 e. The Morgan fingerprint density at radius 2 is 1.71 bits per heavy atom. The van der Waals surface area contributed by atoms with E-state index in [-0.39, 0.29) is 29.8 Å². The molecule has 1 aliphatic heterocycles. The molecule has 1 fully saturated rings. The highest BCUT2D eigenvalue weighted by atomic mass is 32.2. The molecule has 1 aromatic carbocycles. The average molecular weight is 355 g/mol. The summed E-state index contributed by atoms with van der Waals surface area (Å²) in [6, 6.07) is 3.09. The Balaban J connectivity index is 2.31. The number of carbonyl (C=O) groups is 2. The zero-order valence-corrected chi connectivity index (χ0v) is 14.8. The van der Waals surface area contributed by atoms with Crippen molar-refractivity contribution in [3.05, 3.63) is 17.7 Å². The summed E-state index contributed by atoms with van der Waals surface area (Å²) in [7, 11) is 2.86. The van der Waals surface area contributed by atoms with Crippen LogP contribution in [-0.2, 0) is 4.74 Å². The van der Waals surface area contributed by atoms with Gasteiger partial charge in [-0.15, -0.1) is 0 Å². The number of ether oxygens (including phenoxy) is 4. The van der Waals surface area contributed by atoms with Crippen molar-refractivity contribution in [3.63, 3.8) is 0 Å². The fourth-order valence-corrected chi connectivity index (χ4v) is 3.19. The molecular weight excluding hydrogens is 334 g/mol. The summed E-state index contributed by atoms with van der Waals surface area (Å²) in [6.45, 7) is 3.27. The van der Waals surface area contributed by atoms with E-state index in [4.69, 9.17) is 18.9 Å². The van der Waals surface area contributed by atoms with E-state index in [1.54, 1.807) is 24.0 Å². The Labute approximate surface area is 145 Å². The fourth-order valence-electron chi connectivity index (χ4n) is 2.28. The molecule has 0 aromatic heterocycles. The first-order valence-corrected chi connectivity index (χ1v) is 8.73. The highest BCUT2D eigenvalue weighted by Crippen LogP contribution is 2.39. The van der Waals surface area contributed by atoms with Gasteiger partial charge in [0.05, 0.1) is 20.8 Å². The van der Waals surface area contributed by atoms with Gasteiger partial charge in [0.15, 0.2) is 11.5 Å². The molecule has 0 atom stereocenters. The molecule has 0 N–H and O–H groups in total. The minimum Gasteiger partial charge on any atom is -0.493 e. The lowest BCUT2D eigenvalue weighted by Crippen LogP contribution is -2.37. The van der Waals surface area contributed by atoms with Gasteiger partial charge in [0.1, 0.15) is 0 Å². The van der Waals surface area contributed by atoms with E-state index in [0.29, 0.717) is 18.7 Å². The van der Waals surface area contributed by atoms with E-state index < -0.39 is 6.16 Å². The molecule has 1 aliphatic rings. The highest BCUT2D eigenvalue weighted by molar-refractivity contribution is 7.99. The van der Waals surface area contributed by atoms with E-state index in [1.807, 2.05) is 11.8 Å². The molecule has 0 spiro atoms. The van der Waals surface area contributed by atoms with E-state index in [0.717, 1.165) is 11.5 Å². The van der Waals surface area contributed by atoms with Gasteiger partial charge in [-0.2, -0.15) is 11.8 Å². The average Bonchev–Trinajstić information content (AvgIpc) is 2.62. The first kappa shape index (κ1) is 18.3. The smallest absolute Gasteiger partial charge is 0.493 e. The van der Waals surface area contributed by atoms with Crippen LogP contribution in [0.3, 0.4) is 0 Å². The van der Waals surface area contributed by atoms with Crippen LogP contribution >= 0.6 is 11.8 Å². The normalized spacial score (nSPS) is 14.0. The number of benzene rings is 1. The van der Waals surface area contributed by atoms with Crippen LogP contribution in [-0.4, -0.2) is 62.4 Å². The van der Waals surface area contributed by atoms with Gasteiger partial charge in [0, 0.05) is 30.2 Å². The number of methoxy groups -OCH3 is 2. The van der Waals surface area contributed by atoms with Crippen molar-refractivity contribution in [1.29, 1.82) is 0 Å². The minimum absolute atomic E-state index is 0.0872.